The molecule has 2 aliphatic rings. The summed E-state index contributed by atoms with van der Waals surface area (Å²) >= 11 is 0. The van der Waals surface area contributed by atoms with E-state index < -0.39 is 0 Å². The number of hydrogen-bond acceptors (Lipinski definition) is 2. The van der Waals surface area contributed by atoms with Crippen molar-refractivity contribution in [2.75, 3.05) is 0 Å². The third-order valence-corrected chi connectivity index (χ3v) is 4.94. The van der Waals surface area contributed by atoms with E-state index in [4.69, 9.17) is 0 Å². The van der Waals surface area contributed by atoms with Crippen molar-refractivity contribution in [3.63, 3.8) is 0 Å². The van der Waals surface area contributed by atoms with Crippen molar-refractivity contribution in [1.29, 1.82) is 0 Å². The van der Waals surface area contributed by atoms with Gasteiger partial charge in [0.25, 0.3) is 0 Å². The number of rotatable bonds is 5. The second-order valence-electron chi connectivity index (χ2n) is 6.94. The quantitative estimate of drug-likeness (QED) is 0.878. The molecule has 4 heteroatoms. The molecule has 2 N–H and O–H groups in total. The van der Waals surface area contributed by atoms with Crippen LogP contribution in [0.2, 0.25) is 0 Å². The molecule has 120 valence electrons. The maximum Gasteiger partial charge on any atom is 0.220 e. The van der Waals surface area contributed by atoms with Gasteiger partial charge in [-0.15, -0.1) is 0 Å². The highest BCUT2D eigenvalue weighted by Gasteiger charge is 2.34. The van der Waals surface area contributed by atoms with Gasteiger partial charge in [0.15, 0.2) is 0 Å². The lowest BCUT2D eigenvalue weighted by atomic mass is 9.89. The molecule has 1 amide bonds. The Hall–Kier alpha value is -1.42. The first-order chi connectivity index (χ1) is 10.6. The number of carbonyl (C=O) groups excluding carboxylic acids is 1. The van der Waals surface area contributed by atoms with E-state index in [1.54, 1.807) is 12.1 Å². The molecule has 0 aliphatic carbocycles. The lowest BCUT2D eigenvalue weighted by Gasteiger charge is -2.29. The Kier molecular flexibility index (Phi) is 4.77. The predicted molar refractivity (Wildman–Crippen MR) is 85.0 cm³/mol. The lowest BCUT2D eigenvalue weighted by Crippen LogP contribution is -2.41. The van der Waals surface area contributed by atoms with Crippen molar-refractivity contribution in [2.24, 2.45) is 5.92 Å². The summed E-state index contributed by atoms with van der Waals surface area (Å²) in [6, 6.07) is 7.96. The van der Waals surface area contributed by atoms with E-state index >= 15 is 0 Å². The van der Waals surface area contributed by atoms with Gasteiger partial charge in [0.05, 0.1) is 0 Å². The summed E-state index contributed by atoms with van der Waals surface area (Å²) in [5.41, 5.74) is 0.662. The van der Waals surface area contributed by atoms with Crippen molar-refractivity contribution in [1.82, 2.24) is 10.6 Å². The molecular formula is C18H25FN2O. The number of benzene rings is 1. The van der Waals surface area contributed by atoms with Crippen molar-refractivity contribution >= 4 is 5.91 Å². The lowest BCUT2D eigenvalue weighted by molar-refractivity contribution is -0.122. The minimum atomic E-state index is -0.196. The zero-order valence-electron chi connectivity index (χ0n) is 13.1. The summed E-state index contributed by atoms with van der Waals surface area (Å²) < 4.78 is 13.6. The summed E-state index contributed by atoms with van der Waals surface area (Å²) in [7, 11) is 0. The van der Waals surface area contributed by atoms with Gasteiger partial charge >= 0.3 is 0 Å². The summed E-state index contributed by atoms with van der Waals surface area (Å²) in [4.78, 5) is 12.2. The topological polar surface area (TPSA) is 41.1 Å². The van der Waals surface area contributed by atoms with Crippen LogP contribution in [0.25, 0.3) is 0 Å². The van der Waals surface area contributed by atoms with Gasteiger partial charge in [-0.3, -0.25) is 4.79 Å². The maximum absolute atomic E-state index is 13.6. The van der Waals surface area contributed by atoms with Crippen LogP contribution in [0.15, 0.2) is 24.3 Å². The predicted octanol–water partition coefficient (Wildman–Crippen LogP) is 2.79. The second kappa shape index (κ2) is 6.78. The molecule has 1 aromatic carbocycles. The first-order valence-electron chi connectivity index (χ1n) is 8.39. The number of halogens is 1. The van der Waals surface area contributed by atoms with E-state index in [-0.39, 0.29) is 17.8 Å². The highest BCUT2D eigenvalue weighted by Crippen LogP contribution is 2.32. The average Bonchev–Trinajstić information content (AvgIpc) is 2.80. The van der Waals surface area contributed by atoms with E-state index in [9.17, 15) is 9.18 Å². The number of nitrogens with one attached hydrogen (secondary N) is 2. The second-order valence-corrected chi connectivity index (χ2v) is 6.94. The molecule has 3 nitrogen and oxygen atoms in total. The van der Waals surface area contributed by atoms with Crippen LogP contribution in [0.5, 0.6) is 0 Å². The molecule has 2 fully saturated rings. The van der Waals surface area contributed by atoms with Gasteiger partial charge in [-0.1, -0.05) is 18.2 Å². The summed E-state index contributed by atoms with van der Waals surface area (Å²) in [5, 5.41) is 6.63. The van der Waals surface area contributed by atoms with Crippen LogP contribution in [-0.4, -0.2) is 24.0 Å². The molecule has 3 rings (SSSR count). The smallest absolute Gasteiger partial charge is 0.220 e. The van der Waals surface area contributed by atoms with Crippen molar-refractivity contribution < 1.29 is 9.18 Å². The fraction of sp³-hybridized carbons (Fsp3) is 0.611. The van der Waals surface area contributed by atoms with Crippen LogP contribution < -0.4 is 10.6 Å². The van der Waals surface area contributed by atoms with Crippen molar-refractivity contribution in [3.05, 3.63) is 35.6 Å². The number of fused-ring (bicyclic) bond motifs is 2. The Labute approximate surface area is 131 Å². The fourth-order valence-corrected chi connectivity index (χ4v) is 3.98. The first-order valence-corrected chi connectivity index (χ1v) is 8.39. The highest BCUT2D eigenvalue weighted by molar-refractivity contribution is 5.76. The molecular weight excluding hydrogens is 279 g/mol. The largest absolute Gasteiger partial charge is 0.353 e. The van der Waals surface area contributed by atoms with Gasteiger partial charge in [-0.2, -0.15) is 0 Å². The first kappa shape index (κ1) is 15.5. The Morgan fingerprint density at radius 3 is 2.68 bits per heavy atom. The summed E-state index contributed by atoms with van der Waals surface area (Å²) in [6.45, 7) is 1.94. The molecule has 22 heavy (non-hydrogen) atoms. The molecule has 0 radical (unpaired) electrons. The Morgan fingerprint density at radius 1 is 1.32 bits per heavy atom. The fourth-order valence-electron chi connectivity index (χ4n) is 3.98. The minimum absolute atomic E-state index is 0.0390. The van der Waals surface area contributed by atoms with E-state index in [2.05, 4.69) is 10.6 Å². The monoisotopic (exact) mass is 304 g/mol. The van der Waals surface area contributed by atoms with E-state index in [0.717, 1.165) is 12.8 Å². The van der Waals surface area contributed by atoms with Gasteiger partial charge in [-0.05, 0) is 56.6 Å². The molecule has 3 atom stereocenters. The molecule has 1 aromatic rings. The van der Waals surface area contributed by atoms with Crippen molar-refractivity contribution in [2.45, 2.75) is 63.6 Å². The Balaban J connectivity index is 1.46. The maximum atomic E-state index is 13.6. The number of carbonyl (C=O) groups is 1. The standard InChI is InChI=1S/C18H25FN2O/c1-12(8-14-4-2-3-5-17(14)19)20-18(22)11-13-9-15-6-7-16(10-13)21-15/h2-5,12-13,15-16,21H,6-11H2,1H3,(H,20,22). The van der Waals surface area contributed by atoms with E-state index in [0.29, 0.717) is 36.4 Å². The third kappa shape index (κ3) is 3.86. The zero-order chi connectivity index (χ0) is 15.5. The van der Waals surface area contributed by atoms with Crippen LogP contribution in [-0.2, 0) is 11.2 Å². The van der Waals surface area contributed by atoms with Crippen molar-refractivity contribution in [3.8, 4) is 0 Å². The number of amides is 1. The molecule has 0 spiro atoms. The molecule has 3 unspecified atom stereocenters. The average molecular weight is 304 g/mol. The Morgan fingerprint density at radius 2 is 2.00 bits per heavy atom. The van der Waals surface area contributed by atoms with Crippen LogP contribution in [0, 0.1) is 11.7 Å². The molecule has 2 saturated heterocycles. The normalized spacial score (nSPS) is 28.4. The molecule has 0 saturated carbocycles. The summed E-state index contributed by atoms with van der Waals surface area (Å²) in [5.74, 6) is 0.410. The third-order valence-electron chi connectivity index (χ3n) is 4.94. The molecule has 2 heterocycles. The van der Waals surface area contributed by atoms with Crippen LogP contribution in [0.4, 0.5) is 4.39 Å². The van der Waals surface area contributed by atoms with E-state index in [1.165, 1.54) is 18.9 Å². The zero-order valence-corrected chi connectivity index (χ0v) is 13.1. The number of hydrogen-bond donors (Lipinski definition) is 2. The SMILES string of the molecule is CC(Cc1ccccc1F)NC(=O)CC1CC2CCC(C1)N2. The van der Waals surface area contributed by atoms with Gasteiger partial charge in [0.2, 0.25) is 5.91 Å². The van der Waals surface area contributed by atoms with Crippen LogP contribution in [0.3, 0.4) is 0 Å². The molecule has 0 aromatic heterocycles. The van der Waals surface area contributed by atoms with Crippen LogP contribution >= 0.6 is 0 Å². The number of piperidine rings is 1. The van der Waals surface area contributed by atoms with Gasteiger partial charge < -0.3 is 10.6 Å². The highest BCUT2D eigenvalue weighted by atomic mass is 19.1. The van der Waals surface area contributed by atoms with Gasteiger partial charge in [0.1, 0.15) is 5.82 Å². The molecule has 2 bridgehead atoms. The summed E-state index contributed by atoms with van der Waals surface area (Å²) in [6.07, 6.45) is 5.89. The minimum Gasteiger partial charge on any atom is -0.353 e. The van der Waals surface area contributed by atoms with Gasteiger partial charge in [-0.25, -0.2) is 4.39 Å². The van der Waals surface area contributed by atoms with Crippen LogP contribution in [0.1, 0.15) is 44.6 Å². The van der Waals surface area contributed by atoms with Gasteiger partial charge in [0, 0.05) is 24.5 Å². The Bertz CT molecular complexity index is 522. The molecule has 2 aliphatic heterocycles. The van der Waals surface area contributed by atoms with E-state index in [1.807, 2.05) is 13.0 Å².